The van der Waals surface area contributed by atoms with E-state index in [1.54, 1.807) is 23.3 Å². The first-order valence-corrected chi connectivity index (χ1v) is 9.66. The van der Waals surface area contributed by atoms with Crippen LogP contribution in [0, 0.1) is 5.41 Å². The van der Waals surface area contributed by atoms with Crippen LogP contribution in [0.25, 0.3) is 11.1 Å². The van der Waals surface area contributed by atoms with Crippen LogP contribution in [0.3, 0.4) is 0 Å². The number of carbonyl (C=O) groups excluding carboxylic acids is 2. The Morgan fingerprint density at radius 3 is 2.62 bits per heavy atom. The summed E-state index contributed by atoms with van der Waals surface area (Å²) in [6.45, 7) is 1.35. The van der Waals surface area contributed by atoms with Gasteiger partial charge in [-0.25, -0.2) is 0 Å². The average molecular weight is 372 g/mol. The maximum Gasteiger partial charge on any atom is 0.225 e. The Morgan fingerprint density at radius 2 is 2.00 bits per heavy atom. The van der Waals surface area contributed by atoms with Gasteiger partial charge < -0.3 is 15.4 Å². The van der Waals surface area contributed by atoms with Crippen LogP contribution in [-0.2, 0) is 20.7 Å². The molecule has 5 nitrogen and oxygen atoms in total. The van der Waals surface area contributed by atoms with Gasteiger partial charge in [-0.3, -0.25) is 9.59 Å². The van der Waals surface area contributed by atoms with Crippen LogP contribution in [0.5, 0.6) is 0 Å². The normalized spacial score (nSPS) is 19.7. The molecule has 1 saturated heterocycles. The van der Waals surface area contributed by atoms with Gasteiger partial charge in [-0.15, -0.1) is 0 Å². The Bertz CT molecular complexity index is 758. The van der Waals surface area contributed by atoms with Crippen LogP contribution in [-0.4, -0.2) is 43.5 Å². The van der Waals surface area contributed by atoms with Crippen LogP contribution in [0.15, 0.2) is 41.1 Å². The lowest BCUT2D eigenvalue weighted by Crippen LogP contribution is -2.42. The van der Waals surface area contributed by atoms with E-state index in [1.807, 2.05) is 12.1 Å². The van der Waals surface area contributed by atoms with Crippen molar-refractivity contribution in [2.24, 2.45) is 11.1 Å². The Hall–Kier alpha value is -2.18. The fourth-order valence-electron chi connectivity index (χ4n) is 3.50. The Kier molecular flexibility index (Phi) is 5.74. The maximum atomic E-state index is 12.2. The highest BCUT2D eigenvalue weighted by Gasteiger charge is 2.44. The number of methoxy groups -OCH3 is 1. The molecular formula is C20H24N2O3S. The molecule has 2 N–H and O–H groups in total. The van der Waals surface area contributed by atoms with Crippen molar-refractivity contribution in [1.29, 1.82) is 0 Å². The molecule has 1 aromatic carbocycles. The van der Waals surface area contributed by atoms with Gasteiger partial charge in [0.2, 0.25) is 11.8 Å². The minimum atomic E-state index is -0.688. The van der Waals surface area contributed by atoms with Crippen LogP contribution in [0.2, 0.25) is 0 Å². The molecule has 138 valence electrons. The van der Waals surface area contributed by atoms with Gasteiger partial charge in [0, 0.05) is 20.2 Å². The van der Waals surface area contributed by atoms with Gasteiger partial charge in [0.1, 0.15) is 0 Å². The molecule has 2 heterocycles. The topological polar surface area (TPSA) is 72.6 Å². The number of nitrogens with zero attached hydrogens (tertiary/aromatic N) is 1. The number of likely N-dealkylation sites (tertiary alicyclic amines) is 1. The van der Waals surface area contributed by atoms with Gasteiger partial charge in [-0.1, -0.05) is 24.3 Å². The lowest BCUT2D eigenvalue weighted by molar-refractivity contribution is -0.132. The van der Waals surface area contributed by atoms with Crippen LogP contribution in [0.1, 0.15) is 18.4 Å². The first kappa shape index (κ1) is 18.6. The molecule has 1 aliphatic rings. The fourth-order valence-corrected chi connectivity index (χ4v) is 4.16. The van der Waals surface area contributed by atoms with Gasteiger partial charge in [-0.05, 0) is 46.4 Å². The summed E-state index contributed by atoms with van der Waals surface area (Å²) in [5, 5.41) is 4.17. The summed E-state index contributed by atoms with van der Waals surface area (Å²) in [4.78, 5) is 26.2. The molecule has 1 aliphatic heterocycles. The highest BCUT2D eigenvalue weighted by atomic mass is 32.1. The summed E-state index contributed by atoms with van der Waals surface area (Å²) >= 11 is 1.67. The molecule has 0 radical (unpaired) electrons. The van der Waals surface area contributed by atoms with E-state index >= 15 is 0 Å². The van der Waals surface area contributed by atoms with E-state index in [0.717, 1.165) is 11.1 Å². The third kappa shape index (κ3) is 3.97. The van der Waals surface area contributed by atoms with Gasteiger partial charge in [-0.2, -0.15) is 11.3 Å². The van der Waals surface area contributed by atoms with Crippen LogP contribution < -0.4 is 5.73 Å². The third-order valence-corrected chi connectivity index (χ3v) is 5.78. The van der Waals surface area contributed by atoms with E-state index in [2.05, 4.69) is 29.0 Å². The number of rotatable bonds is 7. The molecule has 1 atom stereocenters. The molecule has 0 unspecified atom stereocenters. The summed E-state index contributed by atoms with van der Waals surface area (Å²) < 4.78 is 4.97. The Balaban J connectivity index is 1.71. The van der Waals surface area contributed by atoms with Crippen molar-refractivity contribution >= 4 is 23.2 Å². The zero-order valence-electron chi connectivity index (χ0n) is 14.9. The van der Waals surface area contributed by atoms with Gasteiger partial charge >= 0.3 is 0 Å². The maximum absolute atomic E-state index is 12.2. The number of hydrogen-bond donors (Lipinski definition) is 1. The predicted octanol–water partition coefficient (Wildman–Crippen LogP) is 2.70. The smallest absolute Gasteiger partial charge is 0.225 e. The van der Waals surface area contributed by atoms with Crippen LogP contribution >= 0.6 is 11.3 Å². The summed E-state index contributed by atoms with van der Waals surface area (Å²) in [6, 6.07) is 10.3. The van der Waals surface area contributed by atoms with Gasteiger partial charge in [0.25, 0.3) is 0 Å². The van der Waals surface area contributed by atoms with E-state index in [9.17, 15) is 9.59 Å². The molecular weight excluding hydrogens is 348 g/mol. The van der Waals surface area contributed by atoms with Crippen molar-refractivity contribution in [3.05, 3.63) is 46.7 Å². The van der Waals surface area contributed by atoms with Crippen molar-refractivity contribution in [3.8, 4) is 11.1 Å². The number of benzene rings is 1. The van der Waals surface area contributed by atoms with Crippen molar-refractivity contribution in [3.63, 3.8) is 0 Å². The molecule has 2 amide bonds. The van der Waals surface area contributed by atoms with Crippen molar-refractivity contribution < 1.29 is 14.3 Å². The lowest BCUT2D eigenvalue weighted by atomic mass is 9.80. The van der Waals surface area contributed by atoms with E-state index < -0.39 is 5.41 Å². The standard InChI is InChI=1S/C20H24N2O3S/c1-25-10-6-18(23)22-9-8-20(14-22,19(21)24)12-15-2-4-16(5-3-15)17-7-11-26-13-17/h2-5,7,11,13H,6,8-10,12,14H2,1H3,(H2,21,24)/t20-/m0/s1. The number of hydrogen-bond acceptors (Lipinski definition) is 4. The predicted molar refractivity (Wildman–Crippen MR) is 103 cm³/mol. The Labute approximate surface area is 157 Å². The minimum absolute atomic E-state index is 0.0165. The van der Waals surface area contributed by atoms with E-state index in [1.165, 1.54) is 5.56 Å². The highest BCUT2D eigenvalue weighted by molar-refractivity contribution is 7.08. The summed E-state index contributed by atoms with van der Waals surface area (Å²) in [5.74, 6) is -0.316. The van der Waals surface area contributed by atoms with Crippen molar-refractivity contribution in [2.45, 2.75) is 19.3 Å². The molecule has 1 aromatic heterocycles. The number of ether oxygens (including phenoxy) is 1. The van der Waals surface area contributed by atoms with Gasteiger partial charge in [0.05, 0.1) is 18.4 Å². The van der Waals surface area contributed by atoms with E-state index in [4.69, 9.17) is 10.5 Å². The first-order chi connectivity index (χ1) is 12.5. The molecule has 6 heteroatoms. The second-order valence-electron chi connectivity index (χ2n) is 6.84. The van der Waals surface area contributed by atoms with Crippen molar-refractivity contribution in [2.75, 3.05) is 26.8 Å². The zero-order valence-corrected chi connectivity index (χ0v) is 15.8. The average Bonchev–Trinajstić information content (AvgIpc) is 3.31. The third-order valence-electron chi connectivity index (χ3n) is 5.10. The molecule has 1 fully saturated rings. The number of carbonyl (C=O) groups is 2. The second-order valence-corrected chi connectivity index (χ2v) is 7.62. The first-order valence-electron chi connectivity index (χ1n) is 8.72. The van der Waals surface area contributed by atoms with Crippen molar-refractivity contribution in [1.82, 2.24) is 4.90 Å². The molecule has 0 bridgehead atoms. The van der Waals surface area contributed by atoms with E-state index in [0.29, 0.717) is 39.0 Å². The molecule has 3 rings (SSSR count). The number of thiophene rings is 1. The zero-order chi connectivity index (χ0) is 18.6. The van der Waals surface area contributed by atoms with Gasteiger partial charge in [0.15, 0.2) is 0 Å². The SMILES string of the molecule is COCCC(=O)N1CC[C@@](Cc2ccc(-c3ccsc3)cc2)(C(N)=O)C1. The fraction of sp³-hybridized carbons (Fsp3) is 0.400. The summed E-state index contributed by atoms with van der Waals surface area (Å²) in [6.07, 6.45) is 1.49. The lowest BCUT2D eigenvalue weighted by Gasteiger charge is -2.26. The van der Waals surface area contributed by atoms with E-state index in [-0.39, 0.29) is 11.8 Å². The number of primary amides is 1. The molecule has 0 saturated carbocycles. The Morgan fingerprint density at radius 1 is 1.23 bits per heavy atom. The molecule has 0 aliphatic carbocycles. The number of nitrogens with two attached hydrogens (primary N) is 1. The monoisotopic (exact) mass is 372 g/mol. The molecule has 0 spiro atoms. The summed E-state index contributed by atoms with van der Waals surface area (Å²) in [7, 11) is 1.57. The largest absolute Gasteiger partial charge is 0.384 e. The molecule has 26 heavy (non-hydrogen) atoms. The highest BCUT2D eigenvalue weighted by Crippen LogP contribution is 2.35. The molecule has 2 aromatic rings. The quantitative estimate of drug-likeness (QED) is 0.812. The van der Waals surface area contributed by atoms with Crippen LogP contribution in [0.4, 0.5) is 0 Å². The number of amides is 2. The minimum Gasteiger partial charge on any atom is -0.384 e. The summed E-state index contributed by atoms with van der Waals surface area (Å²) in [5.41, 5.74) is 8.48. The second kappa shape index (κ2) is 8.01.